The van der Waals surface area contributed by atoms with E-state index in [-0.39, 0.29) is 5.91 Å². The number of thiophene rings is 1. The van der Waals surface area contributed by atoms with Gasteiger partial charge in [0.05, 0.1) is 4.88 Å². The van der Waals surface area contributed by atoms with Crippen LogP contribution in [0.2, 0.25) is 0 Å². The van der Waals surface area contributed by atoms with Gasteiger partial charge in [0.2, 0.25) is 0 Å². The third kappa shape index (κ3) is 3.47. The SMILES string of the molecule is CCNC(=O)c1ccc([C@H]2CCCN2Cc2cccn2-c2nccs2)s1. The van der Waals surface area contributed by atoms with Gasteiger partial charge in [0, 0.05) is 47.5 Å². The van der Waals surface area contributed by atoms with E-state index in [1.807, 2.05) is 24.6 Å². The minimum Gasteiger partial charge on any atom is -0.352 e. The van der Waals surface area contributed by atoms with E-state index in [4.69, 9.17) is 0 Å². The molecule has 0 aromatic carbocycles. The third-order valence-corrected chi connectivity index (χ3v) is 6.66. The van der Waals surface area contributed by atoms with Gasteiger partial charge in [-0.2, -0.15) is 0 Å². The number of amides is 1. The van der Waals surface area contributed by atoms with Crippen molar-refractivity contribution in [1.29, 1.82) is 0 Å². The number of thiazole rings is 1. The molecule has 1 N–H and O–H groups in total. The number of carbonyl (C=O) groups is 1. The number of hydrogen-bond donors (Lipinski definition) is 1. The molecule has 0 spiro atoms. The van der Waals surface area contributed by atoms with E-state index in [9.17, 15) is 4.79 Å². The van der Waals surface area contributed by atoms with Gasteiger partial charge in [-0.1, -0.05) is 0 Å². The van der Waals surface area contributed by atoms with Crippen LogP contribution in [-0.2, 0) is 6.54 Å². The molecule has 3 aromatic heterocycles. The van der Waals surface area contributed by atoms with Crippen LogP contribution in [0.4, 0.5) is 0 Å². The lowest BCUT2D eigenvalue weighted by atomic mass is 10.2. The molecule has 1 fully saturated rings. The summed E-state index contributed by atoms with van der Waals surface area (Å²) in [5.74, 6) is 0.0333. The van der Waals surface area contributed by atoms with E-state index >= 15 is 0 Å². The van der Waals surface area contributed by atoms with Crippen molar-refractivity contribution in [2.24, 2.45) is 0 Å². The lowest BCUT2D eigenvalue weighted by Crippen LogP contribution is -2.23. The molecular formula is C19H22N4OS2. The van der Waals surface area contributed by atoms with Crippen LogP contribution in [0.15, 0.2) is 42.0 Å². The molecule has 1 aliphatic heterocycles. The largest absolute Gasteiger partial charge is 0.352 e. The molecule has 1 atom stereocenters. The maximum Gasteiger partial charge on any atom is 0.261 e. The average molecular weight is 387 g/mol. The first-order valence-electron chi connectivity index (χ1n) is 8.94. The molecule has 1 saturated heterocycles. The number of carbonyl (C=O) groups excluding carboxylic acids is 1. The molecule has 7 heteroatoms. The summed E-state index contributed by atoms with van der Waals surface area (Å²) in [7, 11) is 0. The van der Waals surface area contributed by atoms with Crippen molar-refractivity contribution >= 4 is 28.6 Å². The van der Waals surface area contributed by atoms with E-state index in [1.54, 1.807) is 22.7 Å². The molecule has 0 radical (unpaired) electrons. The Bertz CT molecular complexity index is 868. The lowest BCUT2D eigenvalue weighted by Gasteiger charge is -2.24. The molecule has 0 bridgehead atoms. The van der Waals surface area contributed by atoms with Gasteiger partial charge in [-0.15, -0.1) is 22.7 Å². The third-order valence-electron chi connectivity index (χ3n) is 4.70. The number of rotatable bonds is 6. The fourth-order valence-corrected chi connectivity index (χ4v) is 5.26. The Labute approximate surface area is 161 Å². The van der Waals surface area contributed by atoms with Crippen molar-refractivity contribution in [2.45, 2.75) is 32.4 Å². The molecule has 26 heavy (non-hydrogen) atoms. The Morgan fingerprint density at radius 2 is 2.31 bits per heavy atom. The predicted octanol–water partition coefficient (Wildman–Crippen LogP) is 4.08. The van der Waals surface area contributed by atoms with Gasteiger partial charge in [-0.25, -0.2) is 4.98 Å². The fraction of sp³-hybridized carbons (Fsp3) is 0.368. The maximum atomic E-state index is 12.1. The topological polar surface area (TPSA) is 50.2 Å². The standard InChI is InChI=1S/C19H22N4OS2/c1-2-20-18(24)17-8-7-16(26-17)15-6-4-10-22(15)13-14-5-3-11-23(14)19-21-9-12-25-19/h3,5,7-9,11-12,15H,2,4,6,10,13H2,1H3,(H,20,24)/t15-/m1/s1. The molecule has 0 aliphatic carbocycles. The summed E-state index contributed by atoms with van der Waals surface area (Å²) < 4.78 is 2.18. The van der Waals surface area contributed by atoms with Crippen molar-refractivity contribution in [3.05, 3.63) is 57.5 Å². The van der Waals surface area contributed by atoms with Crippen molar-refractivity contribution in [3.8, 4) is 5.13 Å². The highest BCUT2D eigenvalue weighted by atomic mass is 32.1. The highest BCUT2D eigenvalue weighted by molar-refractivity contribution is 7.14. The Hall–Kier alpha value is -1.96. The van der Waals surface area contributed by atoms with Crippen molar-refractivity contribution in [1.82, 2.24) is 19.8 Å². The lowest BCUT2D eigenvalue weighted by molar-refractivity contribution is 0.0960. The molecule has 0 unspecified atom stereocenters. The molecular weight excluding hydrogens is 364 g/mol. The minimum atomic E-state index is 0.0333. The highest BCUT2D eigenvalue weighted by Crippen LogP contribution is 2.37. The van der Waals surface area contributed by atoms with E-state index in [1.165, 1.54) is 17.0 Å². The molecule has 0 saturated carbocycles. The molecule has 3 aromatic rings. The van der Waals surface area contributed by atoms with E-state index in [2.05, 4.69) is 44.2 Å². The van der Waals surface area contributed by atoms with Gasteiger partial charge in [0.25, 0.3) is 5.91 Å². The van der Waals surface area contributed by atoms with Crippen LogP contribution in [0.5, 0.6) is 0 Å². The summed E-state index contributed by atoms with van der Waals surface area (Å²) in [6.07, 6.45) is 6.26. The van der Waals surface area contributed by atoms with Crippen LogP contribution in [0.3, 0.4) is 0 Å². The van der Waals surface area contributed by atoms with E-state index in [0.717, 1.165) is 29.5 Å². The normalized spacial score (nSPS) is 17.7. The summed E-state index contributed by atoms with van der Waals surface area (Å²) >= 11 is 3.28. The molecule has 4 rings (SSSR count). The van der Waals surface area contributed by atoms with Gasteiger partial charge in [-0.3, -0.25) is 14.3 Å². The van der Waals surface area contributed by atoms with Gasteiger partial charge < -0.3 is 5.32 Å². The molecule has 4 heterocycles. The molecule has 136 valence electrons. The second kappa shape index (κ2) is 7.73. The number of likely N-dealkylation sites (tertiary alicyclic amines) is 1. The van der Waals surface area contributed by atoms with Gasteiger partial charge in [0.1, 0.15) is 0 Å². The van der Waals surface area contributed by atoms with Crippen LogP contribution in [0, 0.1) is 0 Å². The highest BCUT2D eigenvalue weighted by Gasteiger charge is 2.28. The van der Waals surface area contributed by atoms with Crippen LogP contribution >= 0.6 is 22.7 Å². The Morgan fingerprint density at radius 3 is 3.12 bits per heavy atom. The molecule has 5 nitrogen and oxygen atoms in total. The first-order valence-corrected chi connectivity index (χ1v) is 10.6. The Balaban J connectivity index is 1.51. The zero-order valence-electron chi connectivity index (χ0n) is 14.7. The van der Waals surface area contributed by atoms with Gasteiger partial charge in [0.15, 0.2) is 5.13 Å². The van der Waals surface area contributed by atoms with Crippen LogP contribution in [0.1, 0.15) is 46.0 Å². The second-order valence-electron chi connectivity index (χ2n) is 6.37. The summed E-state index contributed by atoms with van der Waals surface area (Å²) in [5.41, 5.74) is 1.26. The number of aromatic nitrogens is 2. The second-order valence-corrected chi connectivity index (χ2v) is 8.36. The average Bonchev–Trinajstić information content (AvgIpc) is 3.42. The number of nitrogens with zero attached hydrogens (tertiary/aromatic N) is 3. The van der Waals surface area contributed by atoms with Crippen LogP contribution < -0.4 is 5.32 Å². The van der Waals surface area contributed by atoms with Crippen molar-refractivity contribution in [2.75, 3.05) is 13.1 Å². The molecule has 1 aliphatic rings. The summed E-state index contributed by atoms with van der Waals surface area (Å²) in [5, 5.41) is 5.90. The van der Waals surface area contributed by atoms with E-state index in [0.29, 0.717) is 12.6 Å². The Kier molecular flexibility index (Phi) is 5.19. The van der Waals surface area contributed by atoms with Crippen molar-refractivity contribution in [3.63, 3.8) is 0 Å². The molecule has 1 amide bonds. The predicted molar refractivity (Wildman–Crippen MR) is 106 cm³/mol. The van der Waals surface area contributed by atoms with Gasteiger partial charge >= 0.3 is 0 Å². The minimum absolute atomic E-state index is 0.0333. The number of nitrogens with one attached hydrogen (secondary N) is 1. The maximum absolute atomic E-state index is 12.1. The van der Waals surface area contributed by atoms with Crippen LogP contribution in [0.25, 0.3) is 5.13 Å². The first-order chi connectivity index (χ1) is 12.8. The van der Waals surface area contributed by atoms with Crippen LogP contribution in [-0.4, -0.2) is 33.4 Å². The van der Waals surface area contributed by atoms with E-state index < -0.39 is 0 Å². The number of hydrogen-bond acceptors (Lipinski definition) is 5. The fourth-order valence-electron chi connectivity index (χ4n) is 3.51. The van der Waals surface area contributed by atoms with Crippen molar-refractivity contribution < 1.29 is 4.79 Å². The summed E-state index contributed by atoms with van der Waals surface area (Å²) in [6.45, 7) is 4.59. The monoisotopic (exact) mass is 386 g/mol. The summed E-state index contributed by atoms with van der Waals surface area (Å²) in [4.78, 5) is 21.1. The zero-order chi connectivity index (χ0) is 17.9. The Morgan fingerprint density at radius 1 is 1.38 bits per heavy atom. The first kappa shape index (κ1) is 17.5. The van der Waals surface area contributed by atoms with Gasteiger partial charge in [-0.05, 0) is 50.6 Å². The smallest absolute Gasteiger partial charge is 0.261 e. The summed E-state index contributed by atoms with van der Waals surface area (Å²) in [6, 6.07) is 8.73. The quantitative estimate of drug-likeness (QED) is 0.694. The zero-order valence-corrected chi connectivity index (χ0v) is 16.4.